The summed E-state index contributed by atoms with van der Waals surface area (Å²) >= 11 is 0. The number of sulfonamides is 1. The van der Waals surface area contributed by atoms with Crippen LogP contribution in [0.1, 0.15) is 37.5 Å². The molecule has 0 saturated carbocycles. The molecule has 0 spiro atoms. The van der Waals surface area contributed by atoms with Crippen molar-refractivity contribution in [3.8, 4) is 0 Å². The van der Waals surface area contributed by atoms with Gasteiger partial charge in [0.05, 0.1) is 10.6 Å². The van der Waals surface area contributed by atoms with Gasteiger partial charge in [-0.05, 0) is 87.4 Å². The van der Waals surface area contributed by atoms with Gasteiger partial charge in [-0.2, -0.15) is 0 Å². The van der Waals surface area contributed by atoms with E-state index < -0.39 is 51.6 Å². The SMILES string of the molecule is Cc1ccc(S(=O)(=O)N(CC(=O)N(Cc2ccc(F)cc2)[C@@H](Cc2ccccc2)C(=O)NC(C)(C)C)c2ccc(F)cc2)cc1. The van der Waals surface area contributed by atoms with Crippen molar-refractivity contribution in [2.75, 3.05) is 10.8 Å². The molecule has 0 saturated heterocycles. The van der Waals surface area contributed by atoms with Crippen molar-refractivity contribution in [3.63, 3.8) is 0 Å². The molecule has 0 radical (unpaired) electrons. The van der Waals surface area contributed by atoms with Gasteiger partial charge in [-0.3, -0.25) is 13.9 Å². The molecule has 0 unspecified atom stereocenters. The van der Waals surface area contributed by atoms with Gasteiger partial charge in [-0.25, -0.2) is 17.2 Å². The first-order valence-electron chi connectivity index (χ1n) is 14.5. The number of hydrogen-bond acceptors (Lipinski definition) is 4. The van der Waals surface area contributed by atoms with Crippen molar-refractivity contribution >= 4 is 27.5 Å². The first-order valence-corrected chi connectivity index (χ1v) is 15.9. The molecule has 0 aliphatic heterocycles. The number of carbonyl (C=O) groups is 2. The van der Waals surface area contributed by atoms with Crippen LogP contribution in [0.4, 0.5) is 14.5 Å². The zero-order valence-corrected chi connectivity index (χ0v) is 26.5. The second-order valence-corrected chi connectivity index (χ2v) is 13.8. The van der Waals surface area contributed by atoms with Gasteiger partial charge in [0.15, 0.2) is 0 Å². The summed E-state index contributed by atoms with van der Waals surface area (Å²) in [7, 11) is -4.31. The highest BCUT2D eigenvalue weighted by molar-refractivity contribution is 7.92. The van der Waals surface area contributed by atoms with Crippen molar-refractivity contribution < 1.29 is 26.8 Å². The normalized spacial score (nSPS) is 12.3. The fraction of sp³-hybridized carbons (Fsp3) is 0.257. The van der Waals surface area contributed by atoms with E-state index in [9.17, 15) is 26.8 Å². The lowest BCUT2D eigenvalue weighted by atomic mass is 10.0. The summed E-state index contributed by atoms with van der Waals surface area (Å²) < 4.78 is 56.6. The van der Waals surface area contributed by atoms with E-state index in [2.05, 4.69) is 5.32 Å². The predicted octanol–water partition coefficient (Wildman–Crippen LogP) is 6.02. The predicted molar refractivity (Wildman–Crippen MR) is 171 cm³/mol. The summed E-state index contributed by atoms with van der Waals surface area (Å²) in [6.45, 7) is 6.50. The minimum absolute atomic E-state index is 0.0541. The van der Waals surface area contributed by atoms with Gasteiger partial charge >= 0.3 is 0 Å². The molecule has 7 nitrogen and oxygen atoms in total. The van der Waals surface area contributed by atoms with Gasteiger partial charge in [0, 0.05) is 18.5 Å². The Bertz CT molecular complexity index is 1710. The molecule has 4 aromatic rings. The standard InChI is InChI=1S/C35H37F2N3O4S/c1-25-10-20-31(21-11-25)45(43,44)40(30-18-16-29(37)17-19-30)24-33(41)39(23-27-12-14-28(36)15-13-27)32(34(42)38-35(2,3)4)22-26-8-6-5-7-9-26/h5-21,32H,22-24H2,1-4H3,(H,38,42)/t32-/m0/s1. The Labute approximate surface area is 263 Å². The number of aryl methyl sites for hydroxylation is 1. The maximum absolute atomic E-state index is 14.4. The summed E-state index contributed by atoms with van der Waals surface area (Å²) in [5, 5.41) is 2.96. The van der Waals surface area contributed by atoms with Crippen LogP contribution < -0.4 is 9.62 Å². The Morgan fingerprint density at radius 2 is 1.33 bits per heavy atom. The summed E-state index contributed by atoms with van der Waals surface area (Å²) in [6.07, 6.45) is 0.136. The van der Waals surface area contributed by atoms with E-state index in [0.717, 1.165) is 27.6 Å². The fourth-order valence-corrected chi connectivity index (χ4v) is 6.18. The van der Waals surface area contributed by atoms with Crippen LogP contribution in [-0.4, -0.2) is 43.3 Å². The van der Waals surface area contributed by atoms with Gasteiger partial charge in [0.1, 0.15) is 24.2 Å². The van der Waals surface area contributed by atoms with E-state index in [1.165, 1.54) is 53.4 Å². The lowest BCUT2D eigenvalue weighted by Gasteiger charge is -2.35. The second kappa shape index (κ2) is 14.0. The average Bonchev–Trinajstić information content (AvgIpc) is 2.99. The zero-order chi connectivity index (χ0) is 32.8. The Morgan fingerprint density at radius 1 is 0.778 bits per heavy atom. The molecular weight excluding hydrogens is 596 g/mol. The number of nitrogens with zero attached hydrogens (tertiary/aromatic N) is 2. The second-order valence-electron chi connectivity index (χ2n) is 11.9. The number of anilines is 1. The van der Waals surface area contributed by atoms with E-state index in [-0.39, 0.29) is 23.5 Å². The molecular formula is C35H37F2N3O4S. The monoisotopic (exact) mass is 633 g/mol. The Kier molecular flexibility index (Phi) is 10.4. The maximum Gasteiger partial charge on any atom is 0.264 e. The minimum Gasteiger partial charge on any atom is -0.350 e. The van der Waals surface area contributed by atoms with Gasteiger partial charge in [-0.1, -0.05) is 60.2 Å². The highest BCUT2D eigenvalue weighted by Gasteiger charge is 2.35. The lowest BCUT2D eigenvalue weighted by molar-refractivity contribution is -0.140. The number of halogens is 2. The third-order valence-electron chi connectivity index (χ3n) is 7.04. The highest BCUT2D eigenvalue weighted by atomic mass is 32.2. The van der Waals surface area contributed by atoms with Crippen molar-refractivity contribution in [1.82, 2.24) is 10.2 Å². The lowest BCUT2D eigenvalue weighted by Crippen LogP contribution is -2.56. The van der Waals surface area contributed by atoms with Crippen LogP contribution in [0.5, 0.6) is 0 Å². The summed E-state index contributed by atoms with van der Waals surface area (Å²) in [5.74, 6) is -2.15. The molecule has 0 heterocycles. The quantitative estimate of drug-likeness (QED) is 0.219. The Hall–Kier alpha value is -4.57. The number of amides is 2. The molecule has 1 N–H and O–H groups in total. The van der Waals surface area contributed by atoms with E-state index in [1.807, 2.05) is 58.0 Å². The van der Waals surface area contributed by atoms with Crippen LogP contribution in [0.25, 0.3) is 0 Å². The topological polar surface area (TPSA) is 86.8 Å². The van der Waals surface area contributed by atoms with Gasteiger partial charge in [0.25, 0.3) is 10.0 Å². The van der Waals surface area contributed by atoms with Crippen molar-refractivity contribution in [1.29, 1.82) is 0 Å². The molecule has 0 aromatic heterocycles. The molecule has 1 atom stereocenters. The number of nitrogens with one attached hydrogen (secondary N) is 1. The van der Waals surface area contributed by atoms with Gasteiger partial charge < -0.3 is 10.2 Å². The summed E-state index contributed by atoms with van der Waals surface area (Å²) in [5.41, 5.74) is 1.61. The Balaban J connectivity index is 1.81. The summed E-state index contributed by atoms with van der Waals surface area (Å²) in [4.78, 5) is 29.5. The first kappa shape index (κ1) is 33.3. The zero-order valence-electron chi connectivity index (χ0n) is 25.7. The van der Waals surface area contributed by atoms with Gasteiger partial charge in [0.2, 0.25) is 11.8 Å². The Morgan fingerprint density at radius 3 is 1.89 bits per heavy atom. The number of benzene rings is 4. The molecule has 236 valence electrons. The molecule has 4 aromatic carbocycles. The van der Waals surface area contributed by atoms with E-state index in [0.29, 0.717) is 5.56 Å². The number of carbonyl (C=O) groups excluding carboxylic acids is 2. The molecule has 0 fully saturated rings. The average molecular weight is 634 g/mol. The van der Waals surface area contributed by atoms with Crippen LogP contribution in [0.2, 0.25) is 0 Å². The van der Waals surface area contributed by atoms with Crippen LogP contribution in [0, 0.1) is 18.6 Å². The minimum atomic E-state index is -4.31. The van der Waals surface area contributed by atoms with E-state index >= 15 is 0 Å². The van der Waals surface area contributed by atoms with Crippen molar-refractivity contribution in [2.45, 2.75) is 57.1 Å². The molecule has 0 aliphatic carbocycles. The molecule has 2 amide bonds. The van der Waals surface area contributed by atoms with Crippen molar-refractivity contribution in [3.05, 3.63) is 131 Å². The molecule has 4 rings (SSSR count). The fourth-order valence-electron chi connectivity index (χ4n) is 4.77. The molecule has 45 heavy (non-hydrogen) atoms. The van der Waals surface area contributed by atoms with E-state index in [4.69, 9.17) is 0 Å². The number of hydrogen-bond donors (Lipinski definition) is 1. The highest BCUT2D eigenvalue weighted by Crippen LogP contribution is 2.26. The molecule has 0 aliphatic rings. The third kappa shape index (κ3) is 8.98. The number of rotatable bonds is 11. The van der Waals surface area contributed by atoms with Crippen LogP contribution >= 0.6 is 0 Å². The van der Waals surface area contributed by atoms with Crippen LogP contribution in [0.15, 0.2) is 108 Å². The third-order valence-corrected chi connectivity index (χ3v) is 8.83. The van der Waals surface area contributed by atoms with E-state index in [1.54, 1.807) is 12.1 Å². The first-order chi connectivity index (χ1) is 21.2. The van der Waals surface area contributed by atoms with Crippen LogP contribution in [0.3, 0.4) is 0 Å². The summed E-state index contributed by atoms with van der Waals surface area (Å²) in [6, 6.07) is 24.6. The maximum atomic E-state index is 14.4. The van der Waals surface area contributed by atoms with Crippen molar-refractivity contribution in [2.24, 2.45) is 0 Å². The molecule has 10 heteroatoms. The largest absolute Gasteiger partial charge is 0.350 e. The van der Waals surface area contributed by atoms with Crippen LogP contribution in [-0.2, 0) is 32.6 Å². The van der Waals surface area contributed by atoms with Gasteiger partial charge in [-0.15, -0.1) is 0 Å². The smallest absolute Gasteiger partial charge is 0.264 e. The molecule has 0 bridgehead atoms.